The molecule has 3 rings (SSSR count). The summed E-state index contributed by atoms with van der Waals surface area (Å²) in [5, 5.41) is 2.01. The van der Waals surface area contributed by atoms with Gasteiger partial charge in [-0.15, -0.1) is 11.3 Å². The van der Waals surface area contributed by atoms with Crippen molar-refractivity contribution >= 4 is 17.2 Å². The maximum absolute atomic E-state index is 12.8. The monoisotopic (exact) mass is 383 g/mol. The average molecular weight is 384 g/mol. The molecule has 0 saturated heterocycles. The quantitative estimate of drug-likeness (QED) is 0.560. The van der Waals surface area contributed by atoms with E-state index in [4.69, 9.17) is 9.15 Å². The highest BCUT2D eigenvalue weighted by atomic mass is 32.1. The summed E-state index contributed by atoms with van der Waals surface area (Å²) in [6.45, 7) is 7.48. The molecule has 1 aromatic carbocycles. The lowest BCUT2D eigenvalue weighted by Gasteiger charge is -2.22. The fourth-order valence-electron chi connectivity index (χ4n) is 2.70. The molecule has 0 radical (unpaired) electrons. The van der Waals surface area contributed by atoms with Gasteiger partial charge in [-0.05, 0) is 46.7 Å². The molecule has 0 fully saturated rings. The van der Waals surface area contributed by atoms with E-state index in [2.05, 4.69) is 20.8 Å². The number of carbonyl (C=O) groups is 1. The van der Waals surface area contributed by atoms with Crippen molar-refractivity contribution in [3.05, 3.63) is 76.4 Å². The van der Waals surface area contributed by atoms with Crippen molar-refractivity contribution in [3.8, 4) is 5.75 Å². The number of hydrogen-bond acceptors (Lipinski definition) is 4. The Labute approximate surface area is 164 Å². The van der Waals surface area contributed by atoms with E-state index in [-0.39, 0.29) is 17.9 Å². The van der Waals surface area contributed by atoms with Gasteiger partial charge in [0.2, 0.25) is 0 Å². The van der Waals surface area contributed by atoms with Crippen LogP contribution in [0, 0.1) is 0 Å². The fourth-order valence-corrected chi connectivity index (χ4v) is 3.42. The highest BCUT2D eigenvalue weighted by Crippen LogP contribution is 2.24. The first kappa shape index (κ1) is 19.2. The molecule has 0 atom stereocenters. The van der Waals surface area contributed by atoms with Crippen LogP contribution in [0.15, 0.2) is 64.6 Å². The number of benzene rings is 1. The molecule has 0 aliphatic rings. The third kappa shape index (κ3) is 5.47. The van der Waals surface area contributed by atoms with Crippen molar-refractivity contribution in [2.75, 3.05) is 6.61 Å². The third-order valence-corrected chi connectivity index (χ3v) is 5.15. The summed E-state index contributed by atoms with van der Waals surface area (Å²) >= 11 is 1.63. The van der Waals surface area contributed by atoms with Crippen LogP contribution in [0.4, 0.5) is 0 Å². The van der Waals surface area contributed by atoms with Crippen molar-refractivity contribution < 1.29 is 13.9 Å². The Morgan fingerprint density at radius 3 is 2.44 bits per heavy atom. The van der Waals surface area contributed by atoms with Gasteiger partial charge in [-0.2, -0.15) is 0 Å². The van der Waals surface area contributed by atoms with E-state index < -0.39 is 0 Å². The molecule has 0 bridgehead atoms. The van der Waals surface area contributed by atoms with Gasteiger partial charge >= 0.3 is 0 Å². The molecule has 0 aliphatic carbocycles. The topological polar surface area (TPSA) is 42.7 Å². The number of amides is 1. The van der Waals surface area contributed by atoms with Gasteiger partial charge in [-0.1, -0.05) is 39.0 Å². The molecular weight excluding hydrogens is 358 g/mol. The molecule has 0 saturated carbocycles. The van der Waals surface area contributed by atoms with E-state index in [1.165, 1.54) is 5.56 Å². The van der Waals surface area contributed by atoms with Crippen LogP contribution in [0.25, 0.3) is 0 Å². The Morgan fingerprint density at radius 1 is 1.07 bits per heavy atom. The summed E-state index contributed by atoms with van der Waals surface area (Å²) < 4.78 is 11.1. The van der Waals surface area contributed by atoms with E-state index in [0.29, 0.717) is 18.8 Å². The lowest BCUT2D eigenvalue weighted by Crippen LogP contribution is -2.33. The van der Waals surface area contributed by atoms with E-state index in [0.717, 1.165) is 10.6 Å². The minimum Gasteiger partial charge on any atom is -0.484 e. The first-order chi connectivity index (χ1) is 12.9. The van der Waals surface area contributed by atoms with Crippen molar-refractivity contribution in [2.24, 2.45) is 0 Å². The van der Waals surface area contributed by atoms with Crippen LogP contribution in [0.3, 0.4) is 0 Å². The molecule has 3 aromatic rings. The van der Waals surface area contributed by atoms with Crippen LogP contribution in [0.5, 0.6) is 5.75 Å². The number of thiophene rings is 1. The van der Waals surface area contributed by atoms with E-state index >= 15 is 0 Å². The van der Waals surface area contributed by atoms with Crippen LogP contribution in [0.1, 0.15) is 37.0 Å². The zero-order valence-corrected chi connectivity index (χ0v) is 16.8. The van der Waals surface area contributed by atoms with Crippen LogP contribution in [0.2, 0.25) is 0 Å². The summed E-state index contributed by atoms with van der Waals surface area (Å²) in [4.78, 5) is 15.6. The summed E-state index contributed by atoms with van der Waals surface area (Å²) in [5.74, 6) is 1.39. The Hall–Kier alpha value is -2.53. The first-order valence-electron chi connectivity index (χ1n) is 8.98. The molecule has 1 amide bonds. The average Bonchev–Trinajstić information content (AvgIpc) is 3.33. The maximum atomic E-state index is 12.8. The van der Waals surface area contributed by atoms with Crippen LogP contribution in [-0.2, 0) is 23.3 Å². The van der Waals surface area contributed by atoms with Gasteiger partial charge in [-0.3, -0.25) is 4.79 Å². The molecule has 0 N–H and O–H groups in total. The van der Waals surface area contributed by atoms with Crippen LogP contribution >= 0.6 is 11.3 Å². The van der Waals surface area contributed by atoms with Crippen molar-refractivity contribution in [1.82, 2.24) is 4.90 Å². The smallest absolute Gasteiger partial charge is 0.261 e. The number of rotatable bonds is 7. The molecule has 5 heteroatoms. The number of furan rings is 1. The maximum Gasteiger partial charge on any atom is 0.261 e. The van der Waals surface area contributed by atoms with Crippen molar-refractivity contribution in [3.63, 3.8) is 0 Å². The molecule has 142 valence electrons. The van der Waals surface area contributed by atoms with Crippen molar-refractivity contribution in [1.29, 1.82) is 0 Å². The van der Waals surface area contributed by atoms with Crippen LogP contribution < -0.4 is 4.74 Å². The number of ether oxygens (including phenoxy) is 1. The minimum atomic E-state index is -0.0697. The zero-order chi connectivity index (χ0) is 19.3. The summed E-state index contributed by atoms with van der Waals surface area (Å²) in [6, 6.07) is 15.7. The Bertz CT molecular complexity index is 795. The number of hydrogen-bond donors (Lipinski definition) is 0. The standard InChI is InChI=1S/C22H25NO3S/c1-22(2,3)17-8-10-18(11-9-17)26-16-21(24)23(14-19-6-4-12-25-19)15-20-7-5-13-27-20/h4-13H,14-16H2,1-3H3. The molecule has 27 heavy (non-hydrogen) atoms. The molecular formula is C22H25NO3S. The lowest BCUT2D eigenvalue weighted by molar-refractivity contribution is -0.134. The van der Waals surface area contributed by atoms with Crippen molar-refractivity contribution in [2.45, 2.75) is 39.3 Å². The molecule has 0 aliphatic heterocycles. The normalized spacial score (nSPS) is 11.4. The lowest BCUT2D eigenvalue weighted by atomic mass is 9.87. The zero-order valence-electron chi connectivity index (χ0n) is 16.0. The largest absolute Gasteiger partial charge is 0.484 e. The SMILES string of the molecule is CC(C)(C)c1ccc(OCC(=O)N(Cc2ccco2)Cc2cccs2)cc1. The van der Waals surface area contributed by atoms with E-state index in [1.807, 2.05) is 53.9 Å². The molecule has 2 aromatic heterocycles. The van der Waals surface area contributed by atoms with Gasteiger partial charge in [0.1, 0.15) is 11.5 Å². The number of nitrogens with zero attached hydrogens (tertiary/aromatic N) is 1. The minimum absolute atomic E-state index is 0.000941. The van der Waals surface area contributed by atoms with Gasteiger partial charge in [0.05, 0.1) is 19.4 Å². The van der Waals surface area contributed by atoms with E-state index in [1.54, 1.807) is 22.5 Å². The molecule has 0 unspecified atom stereocenters. The van der Waals surface area contributed by atoms with Gasteiger partial charge in [0.15, 0.2) is 6.61 Å². The van der Waals surface area contributed by atoms with Gasteiger partial charge in [0.25, 0.3) is 5.91 Å². The predicted molar refractivity (Wildman–Crippen MR) is 108 cm³/mol. The fraction of sp³-hybridized carbons (Fsp3) is 0.318. The first-order valence-corrected chi connectivity index (χ1v) is 9.86. The van der Waals surface area contributed by atoms with Gasteiger partial charge in [-0.25, -0.2) is 0 Å². The summed E-state index contributed by atoms with van der Waals surface area (Å²) in [5.41, 5.74) is 1.33. The molecule has 4 nitrogen and oxygen atoms in total. The number of carbonyl (C=O) groups excluding carboxylic acids is 1. The molecule has 2 heterocycles. The summed E-state index contributed by atoms with van der Waals surface area (Å²) in [7, 11) is 0. The second kappa shape index (κ2) is 8.44. The highest BCUT2D eigenvalue weighted by Gasteiger charge is 2.18. The van der Waals surface area contributed by atoms with Gasteiger partial charge in [0, 0.05) is 4.88 Å². The van der Waals surface area contributed by atoms with E-state index in [9.17, 15) is 4.79 Å². The molecule has 0 spiro atoms. The second-order valence-corrected chi connectivity index (χ2v) is 8.50. The second-order valence-electron chi connectivity index (χ2n) is 7.47. The third-order valence-electron chi connectivity index (χ3n) is 4.29. The predicted octanol–water partition coefficient (Wildman–Crippen LogP) is 5.25. The highest BCUT2D eigenvalue weighted by molar-refractivity contribution is 7.09. The van der Waals surface area contributed by atoms with Gasteiger partial charge < -0.3 is 14.1 Å². The summed E-state index contributed by atoms with van der Waals surface area (Å²) in [6.07, 6.45) is 1.62. The Morgan fingerprint density at radius 2 is 1.85 bits per heavy atom. The Kier molecular flexibility index (Phi) is 6.01. The Balaban J connectivity index is 1.63. The van der Waals surface area contributed by atoms with Crippen LogP contribution in [-0.4, -0.2) is 17.4 Å².